The maximum atomic E-state index is 5.35. The number of morpholine rings is 1. The van der Waals surface area contributed by atoms with Gasteiger partial charge < -0.3 is 15.0 Å². The van der Waals surface area contributed by atoms with Gasteiger partial charge in [-0.2, -0.15) is 0 Å². The number of ether oxygens (including phenoxy) is 1. The van der Waals surface area contributed by atoms with E-state index in [1.807, 2.05) is 0 Å². The third-order valence-corrected chi connectivity index (χ3v) is 3.54. The molecule has 0 spiro atoms. The Balaban J connectivity index is 1.63. The Morgan fingerprint density at radius 2 is 1.85 bits per heavy atom. The summed E-state index contributed by atoms with van der Waals surface area (Å²) < 4.78 is 5.35. The Morgan fingerprint density at radius 3 is 2.50 bits per heavy atom. The van der Waals surface area contributed by atoms with Crippen LogP contribution < -0.4 is 5.32 Å². The molecule has 0 saturated carbocycles. The fraction of sp³-hybridized carbons (Fsp3) is 0.625. The van der Waals surface area contributed by atoms with Crippen LogP contribution in [0.2, 0.25) is 0 Å². The van der Waals surface area contributed by atoms with E-state index in [-0.39, 0.29) is 0 Å². The van der Waals surface area contributed by atoms with E-state index in [0.29, 0.717) is 0 Å². The molecule has 1 aromatic rings. The predicted octanol–water partition coefficient (Wildman–Crippen LogP) is 1.88. The molecule has 0 radical (unpaired) electrons. The first-order valence-corrected chi connectivity index (χ1v) is 7.52. The van der Waals surface area contributed by atoms with Gasteiger partial charge in [0.15, 0.2) is 0 Å². The van der Waals surface area contributed by atoms with Crippen molar-refractivity contribution in [2.45, 2.75) is 13.0 Å². The zero-order chi connectivity index (χ0) is 14.2. The van der Waals surface area contributed by atoms with Crippen molar-refractivity contribution < 1.29 is 4.74 Å². The van der Waals surface area contributed by atoms with Gasteiger partial charge in [0.2, 0.25) is 0 Å². The van der Waals surface area contributed by atoms with E-state index >= 15 is 0 Å². The van der Waals surface area contributed by atoms with Crippen LogP contribution in [0, 0.1) is 0 Å². The monoisotopic (exact) mass is 277 g/mol. The minimum atomic E-state index is 0.890. The van der Waals surface area contributed by atoms with E-state index in [1.54, 1.807) is 0 Å². The first kappa shape index (κ1) is 15.3. The zero-order valence-electron chi connectivity index (χ0n) is 12.8. The van der Waals surface area contributed by atoms with Gasteiger partial charge in [-0.15, -0.1) is 0 Å². The molecule has 0 aromatic heterocycles. The van der Waals surface area contributed by atoms with Crippen LogP contribution in [0.4, 0.5) is 5.69 Å². The number of nitrogens with zero attached hydrogens (tertiary/aromatic N) is 2. The molecule has 0 aliphatic carbocycles. The molecular weight excluding hydrogens is 250 g/mol. The van der Waals surface area contributed by atoms with Crippen LogP contribution in [0.5, 0.6) is 0 Å². The number of hydrogen-bond acceptors (Lipinski definition) is 4. The number of hydrogen-bond donors (Lipinski definition) is 1. The summed E-state index contributed by atoms with van der Waals surface area (Å²) in [6.45, 7) is 7.14. The third kappa shape index (κ3) is 5.49. The van der Waals surface area contributed by atoms with E-state index in [1.165, 1.54) is 17.7 Å². The van der Waals surface area contributed by atoms with Crippen molar-refractivity contribution in [2.75, 3.05) is 58.8 Å². The first-order valence-electron chi connectivity index (χ1n) is 7.52. The van der Waals surface area contributed by atoms with Crippen LogP contribution in [0.15, 0.2) is 24.3 Å². The Hall–Kier alpha value is -1.10. The predicted molar refractivity (Wildman–Crippen MR) is 84.2 cm³/mol. The molecule has 4 nitrogen and oxygen atoms in total. The summed E-state index contributed by atoms with van der Waals surface area (Å²) in [4.78, 5) is 4.66. The largest absolute Gasteiger partial charge is 0.385 e. The summed E-state index contributed by atoms with van der Waals surface area (Å²) in [6, 6.07) is 8.75. The van der Waals surface area contributed by atoms with Crippen molar-refractivity contribution in [3.8, 4) is 0 Å². The highest BCUT2D eigenvalue weighted by Crippen LogP contribution is 2.10. The van der Waals surface area contributed by atoms with E-state index in [4.69, 9.17) is 4.74 Å². The van der Waals surface area contributed by atoms with Crippen LogP contribution in [0.1, 0.15) is 12.0 Å². The van der Waals surface area contributed by atoms with E-state index in [0.717, 1.165) is 45.9 Å². The Labute approximate surface area is 122 Å². The average molecular weight is 277 g/mol. The molecule has 1 aromatic carbocycles. The molecule has 0 amide bonds. The summed E-state index contributed by atoms with van der Waals surface area (Å²) in [5, 5.41) is 3.49. The van der Waals surface area contributed by atoms with Gasteiger partial charge in [0.05, 0.1) is 13.2 Å². The first-order chi connectivity index (χ1) is 9.74. The van der Waals surface area contributed by atoms with Gasteiger partial charge in [-0.05, 0) is 44.8 Å². The van der Waals surface area contributed by atoms with Gasteiger partial charge in [-0.1, -0.05) is 12.1 Å². The number of nitrogens with one attached hydrogen (secondary N) is 1. The highest BCUT2D eigenvalue weighted by atomic mass is 16.5. The fourth-order valence-corrected chi connectivity index (χ4v) is 2.45. The number of anilines is 1. The average Bonchev–Trinajstić information content (AvgIpc) is 2.46. The molecule has 112 valence electrons. The van der Waals surface area contributed by atoms with Crippen molar-refractivity contribution in [1.29, 1.82) is 0 Å². The lowest BCUT2D eigenvalue weighted by Crippen LogP contribution is -2.37. The zero-order valence-corrected chi connectivity index (χ0v) is 12.8. The fourth-order valence-electron chi connectivity index (χ4n) is 2.45. The second kappa shape index (κ2) is 8.25. The SMILES string of the molecule is CN(C)Cc1ccc(NCCCN2CCOCC2)cc1. The summed E-state index contributed by atoms with van der Waals surface area (Å²) >= 11 is 0. The molecule has 0 unspecified atom stereocenters. The van der Waals surface area contributed by atoms with E-state index < -0.39 is 0 Å². The lowest BCUT2D eigenvalue weighted by molar-refractivity contribution is 0.0378. The third-order valence-electron chi connectivity index (χ3n) is 3.54. The summed E-state index contributed by atoms with van der Waals surface area (Å²) in [5.41, 5.74) is 2.57. The van der Waals surface area contributed by atoms with Crippen LogP contribution in [-0.4, -0.2) is 63.3 Å². The molecule has 4 heteroatoms. The molecule has 2 rings (SSSR count). The van der Waals surface area contributed by atoms with Gasteiger partial charge >= 0.3 is 0 Å². The van der Waals surface area contributed by atoms with Gasteiger partial charge in [0.1, 0.15) is 0 Å². The Morgan fingerprint density at radius 1 is 1.15 bits per heavy atom. The summed E-state index contributed by atoms with van der Waals surface area (Å²) in [6.07, 6.45) is 1.18. The van der Waals surface area contributed by atoms with Crippen molar-refractivity contribution in [3.05, 3.63) is 29.8 Å². The van der Waals surface area contributed by atoms with Crippen molar-refractivity contribution in [1.82, 2.24) is 9.80 Å². The standard InChI is InChI=1S/C16H27N3O/c1-18(2)14-15-4-6-16(7-5-15)17-8-3-9-19-10-12-20-13-11-19/h4-7,17H,3,8-14H2,1-2H3. The Kier molecular flexibility index (Phi) is 6.30. The van der Waals surface area contributed by atoms with Crippen molar-refractivity contribution >= 4 is 5.69 Å². The van der Waals surface area contributed by atoms with Crippen LogP contribution in [-0.2, 0) is 11.3 Å². The van der Waals surface area contributed by atoms with Crippen LogP contribution in [0.3, 0.4) is 0 Å². The smallest absolute Gasteiger partial charge is 0.0594 e. The molecule has 1 fully saturated rings. The maximum absolute atomic E-state index is 5.35. The molecule has 1 aliphatic rings. The van der Waals surface area contributed by atoms with Gasteiger partial charge in [0, 0.05) is 31.9 Å². The summed E-state index contributed by atoms with van der Waals surface area (Å²) in [5.74, 6) is 0. The van der Waals surface area contributed by atoms with Crippen molar-refractivity contribution in [3.63, 3.8) is 0 Å². The lowest BCUT2D eigenvalue weighted by Gasteiger charge is -2.26. The van der Waals surface area contributed by atoms with Crippen LogP contribution in [0.25, 0.3) is 0 Å². The van der Waals surface area contributed by atoms with Gasteiger partial charge in [-0.3, -0.25) is 4.90 Å². The van der Waals surface area contributed by atoms with E-state index in [2.05, 4.69) is 53.5 Å². The normalized spacial score (nSPS) is 16.6. The second-order valence-electron chi connectivity index (χ2n) is 5.67. The molecular formula is C16H27N3O. The van der Waals surface area contributed by atoms with Crippen molar-refractivity contribution in [2.24, 2.45) is 0 Å². The van der Waals surface area contributed by atoms with E-state index in [9.17, 15) is 0 Å². The van der Waals surface area contributed by atoms with Gasteiger partial charge in [0.25, 0.3) is 0 Å². The molecule has 1 saturated heterocycles. The maximum Gasteiger partial charge on any atom is 0.0594 e. The minimum Gasteiger partial charge on any atom is -0.385 e. The molecule has 1 N–H and O–H groups in total. The van der Waals surface area contributed by atoms with Crippen LogP contribution >= 0.6 is 0 Å². The second-order valence-corrected chi connectivity index (χ2v) is 5.67. The minimum absolute atomic E-state index is 0.890. The topological polar surface area (TPSA) is 27.7 Å². The Bertz CT molecular complexity index is 372. The summed E-state index contributed by atoms with van der Waals surface area (Å²) in [7, 11) is 4.19. The molecule has 0 bridgehead atoms. The highest BCUT2D eigenvalue weighted by molar-refractivity contribution is 5.44. The molecule has 1 heterocycles. The molecule has 1 aliphatic heterocycles. The molecule has 20 heavy (non-hydrogen) atoms. The lowest BCUT2D eigenvalue weighted by atomic mass is 10.2. The quantitative estimate of drug-likeness (QED) is 0.770. The number of rotatable bonds is 7. The van der Waals surface area contributed by atoms with Gasteiger partial charge in [-0.25, -0.2) is 0 Å². The highest BCUT2D eigenvalue weighted by Gasteiger charge is 2.08. The molecule has 0 atom stereocenters. The number of benzene rings is 1.